The van der Waals surface area contributed by atoms with Gasteiger partial charge in [0, 0.05) is 61.5 Å². The number of rotatable bonds is 7. The van der Waals surface area contributed by atoms with E-state index in [-0.39, 0.29) is 17.5 Å². The van der Waals surface area contributed by atoms with Crippen molar-refractivity contribution in [3.05, 3.63) is 87.5 Å². The summed E-state index contributed by atoms with van der Waals surface area (Å²) in [6.07, 6.45) is 2.00. The number of nitro benzene ring substituents is 1. The zero-order valence-electron chi connectivity index (χ0n) is 23.4. The Bertz CT molecular complexity index is 1460. The highest BCUT2D eigenvalue weighted by molar-refractivity contribution is 7.98. The topological polar surface area (TPSA) is 105 Å². The minimum absolute atomic E-state index is 0.0425. The van der Waals surface area contributed by atoms with Gasteiger partial charge in [0.15, 0.2) is 11.5 Å². The minimum Gasteiger partial charge on any atom is -0.493 e. The highest BCUT2D eigenvalue weighted by Crippen LogP contribution is 2.46. The summed E-state index contributed by atoms with van der Waals surface area (Å²) in [5, 5.41) is 11.0. The molecule has 3 aromatic rings. The molecule has 0 N–H and O–H groups in total. The maximum atomic E-state index is 14.4. The normalized spacial score (nSPS) is 18.6. The van der Waals surface area contributed by atoms with Crippen LogP contribution in [-0.2, 0) is 4.79 Å². The van der Waals surface area contributed by atoms with Crippen LogP contribution in [0.2, 0.25) is 0 Å². The first kappa shape index (κ1) is 28.3. The summed E-state index contributed by atoms with van der Waals surface area (Å²) in [5.41, 5.74) is 2.83. The molecular formula is C30H32N4O6S. The summed E-state index contributed by atoms with van der Waals surface area (Å²) in [6.45, 7) is 2.11. The van der Waals surface area contributed by atoms with Gasteiger partial charge in [0.25, 0.3) is 11.6 Å². The number of thioether (sulfide) groups is 1. The van der Waals surface area contributed by atoms with Crippen molar-refractivity contribution in [2.24, 2.45) is 0 Å². The van der Waals surface area contributed by atoms with Gasteiger partial charge < -0.3 is 24.2 Å². The molecule has 0 bridgehead atoms. The minimum atomic E-state index is -0.654. The number of amides is 2. The molecule has 1 fully saturated rings. The van der Waals surface area contributed by atoms with Crippen LogP contribution in [0.25, 0.3) is 0 Å². The molecule has 0 radical (unpaired) electrons. The fourth-order valence-corrected chi connectivity index (χ4v) is 6.11. The molecule has 1 saturated heterocycles. The third-order valence-corrected chi connectivity index (χ3v) is 8.66. The lowest BCUT2D eigenvalue weighted by Crippen LogP contribution is -2.53. The van der Waals surface area contributed by atoms with Crippen LogP contribution in [0.4, 0.5) is 11.4 Å². The molecule has 10 nitrogen and oxygen atoms in total. The first-order chi connectivity index (χ1) is 19.8. The highest BCUT2D eigenvalue weighted by Gasteiger charge is 2.45. The molecule has 0 spiro atoms. The second-order valence-electron chi connectivity index (χ2n) is 9.99. The number of likely N-dealkylation sites (N-methyl/N-ethyl adjacent to an activating group) is 1. The summed E-state index contributed by atoms with van der Waals surface area (Å²) >= 11 is 1.63. The van der Waals surface area contributed by atoms with E-state index in [1.807, 2.05) is 35.4 Å². The summed E-state index contributed by atoms with van der Waals surface area (Å²) in [5.74, 6) is -0.0230. The monoisotopic (exact) mass is 576 g/mol. The Morgan fingerprint density at radius 1 is 0.951 bits per heavy atom. The van der Waals surface area contributed by atoms with E-state index in [9.17, 15) is 19.7 Å². The first-order valence-corrected chi connectivity index (χ1v) is 14.4. The van der Waals surface area contributed by atoms with Gasteiger partial charge in [-0.3, -0.25) is 19.7 Å². The number of nitrogens with zero attached hydrogens (tertiary/aromatic N) is 4. The smallest absolute Gasteiger partial charge is 0.269 e. The van der Waals surface area contributed by atoms with Gasteiger partial charge >= 0.3 is 0 Å². The zero-order chi connectivity index (χ0) is 29.3. The third kappa shape index (κ3) is 5.29. The van der Waals surface area contributed by atoms with Crippen molar-refractivity contribution in [2.45, 2.75) is 16.9 Å². The van der Waals surface area contributed by atoms with Crippen LogP contribution in [0.3, 0.4) is 0 Å². The van der Waals surface area contributed by atoms with Gasteiger partial charge in [-0.15, -0.1) is 11.8 Å². The van der Waals surface area contributed by atoms with Crippen LogP contribution in [0, 0.1) is 10.1 Å². The van der Waals surface area contributed by atoms with E-state index in [0.717, 1.165) is 16.1 Å². The molecule has 0 aromatic heterocycles. The van der Waals surface area contributed by atoms with Crippen molar-refractivity contribution in [3.8, 4) is 11.5 Å². The molecule has 5 rings (SSSR count). The molecule has 11 heteroatoms. The molecule has 41 heavy (non-hydrogen) atoms. The van der Waals surface area contributed by atoms with Crippen molar-refractivity contribution < 1.29 is 24.0 Å². The highest BCUT2D eigenvalue weighted by atomic mass is 32.2. The SMILES string of the molecule is COc1cc2c(cc1OC)[C@H](C(=O)N1CCN(c3ccc([N+](=O)[O-])cc3)CC1)[C@@H](c1ccc(SC)cc1)N(C)C2=O. The van der Waals surface area contributed by atoms with Gasteiger partial charge in [-0.1, -0.05) is 12.1 Å². The van der Waals surface area contributed by atoms with E-state index in [2.05, 4.69) is 4.90 Å². The molecule has 2 aliphatic rings. The largest absolute Gasteiger partial charge is 0.493 e. The van der Waals surface area contributed by atoms with Crippen LogP contribution in [0.15, 0.2) is 65.6 Å². The van der Waals surface area contributed by atoms with Crippen LogP contribution in [0.5, 0.6) is 11.5 Å². The molecule has 0 unspecified atom stereocenters. The Labute approximate surface area is 243 Å². The fourth-order valence-electron chi connectivity index (χ4n) is 5.70. The number of carbonyl (C=O) groups is 2. The van der Waals surface area contributed by atoms with Crippen molar-refractivity contribution in [2.75, 3.05) is 58.6 Å². The van der Waals surface area contributed by atoms with E-state index < -0.39 is 16.9 Å². The summed E-state index contributed by atoms with van der Waals surface area (Å²) in [4.78, 5) is 45.4. The van der Waals surface area contributed by atoms with E-state index in [1.165, 1.54) is 26.4 Å². The lowest BCUT2D eigenvalue weighted by molar-refractivity contribution is -0.384. The number of hydrogen-bond acceptors (Lipinski definition) is 8. The maximum Gasteiger partial charge on any atom is 0.269 e. The molecule has 0 saturated carbocycles. The van der Waals surface area contributed by atoms with E-state index in [4.69, 9.17) is 9.47 Å². The predicted molar refractivity (Wildman–Crippen MR) is 157 cm³/mol. The Balaban J connectivity index is 1.49. The van der Waals surface area contributed by atoms with Crippen molar-refractivity contribution in [1.29, 1.82) is 0 Å². The molecule has 3 aromatic carbocycles. The quantitative estimate of drug-likeness (QED) is 0.228. The molecular weight excluding hydrogens is 544 g/mol. The number of fused-ring (bicyclic) bond motifs is 1. The van der Waals surface area contributed by atoms with Crippen LogP contribution in [-0.4, -0.2) is 80.2 Å². The van der Waals surface area contributed by atoms with Crippen LogP contribution < -0.4 is 14.4 Å². The van der Waals surface area contributed by atoms with E-state index in [1.54, 1.807) is 48.0 Å². The van der Waals surface area contributed by atoms with Crippen LogP contribution in [0.1, 0.15) is 33.4 Å². The third-order valence-electron chi connectivity index (χ3n) is 7.91. The Hall–Kier alpha value is -4.25. The average Bonchev–Trinajstić information content (AvgIpc) is 3.01. The summed E-state index contributed by atoms with van der Waals surface area (Å²) in [7, 11) is 4.79. The van der Waals surface area contributed by atoms with Gasteiger partial charge in [0.05, 0.1) is 31.1 Å². The Kier molecular flexibility index (Phi) is 8.07. The van der Waals surface area contributed by atoms with Gasteiger partial charge in [0.2, 0.25) is 5.91 Å². The lowest BCUT2D eigenvalue weighted by Gasteiger charge is -2.43. The number of hydrogen-bond donors (Lipinski definition) is 0. The zero-order valence-corrected chi connectivity index (χ0v) is 24.2. The van der Waals surface area contributed by atoms with Gasteiger partial charge in [0.1, 0.15) is 0 Å². The second-order valence-corrected chi connectivity index (χ2v) is 10.9. The number of nitro groups is 1. The maximum absolute atomic E-state index is 14.4. The lowest BCUT2D eigenvalue weighted by atomic mass is 9.78. The number of ether oxygens (including phenoxy) is 2. The van der Waals surface area contributed by atoms with Gasteiger partial charge in [-0.25, -0.2) is 0 Å². The summed E-state index contributed by atoms with van der Waals surface area (Å²) < 4.78 is 11.0. The first-order valence-electron chi connectivity index (χ1n) is 13.2. The van der Waals surface area contributed by atoms with Gasteiger partial charge in [-0.05, 0) is 53.8 Å². The van der Waals surface area contributed by atoms with E-state index >= 15 is 0 Å². The molecule has 2 amide bonds. The number of carbonyl (C=O) groups excluding carboxylic acids is 2. The number of methoxy groups -OCH3 is 2. The Morgan fingerprint density at radius 2 is 1.56 bits per heavy atom. The second kappa shape index (κ2) is 11.7. The molecule has 2 atom stereocenters. The molecule has 0 aliphatic carbocycles. The number of piperazine rings is 1. The summed E-state index contributed by atoms with van der Waals surface area (Å²) in [6, 6.07) is 17.4. The molecule has 214 valence electrons. The molecule has 2 aliphatic heterocycles. The van der Waals surface area contributed by atoms with Crippen molar-refractivity contribution >= 4 is 35.0 Å². The van der Waals surface area contributed by atoms with Crippen molar-refractivity contribution in [3.63, 3.8) is 0 Å². The standard InChI is InChI=1S/C30H32N4O6S/c1-31-28(19-5-11-22(41-4)12-6-19)27(23-17-25(39-2)26(40-3)18-24(23)29(31)35)30(36)33-15-13-32(14-16-33)20-7-9-21(10-8-20)34(37)38/h5-12,17-18,27-28H,13-16H2,1-4H3/t27-,28+/m0/s1. The number of anilines is 1. The number of non-ortho nitro benzene ring substituents is 1. The molecule has 2 heterocycles. The Morgan fingerprint density at radius 3 is 2.12 bits per heavy atom. The average molecular weight is 577 g/mol. The van der Waals surface area contributed by atoms with E-state index in [0.29, 0.717) is 48.8 Å². The fraction of sp³-hybridized carbons (Fsp3) is 0.333. The van der Waals surface area contributed by atoms with Crippen molar-refractivity contribution in [1.82, 2.24) is 9.80 Å². The van der Waals surface area contributed by atoms with Crippen LogP contribution >= 0.6 is 11.8 Å². The van der Waals surface area contributed by atoms with Gasteiger partial charge in [-0.2, -0.15) is 0 Å². The predicted octanol–water partition coefficient (Wildman–Crippen LogP) is 4.59. The number of benzene rings is 3.